The first-order valence-electron chi connectivity index (χ1n) is 12.1. The number of hydrogen-bond acceptors (Lipinski definition) is 2. The molecule has 1 heterocycles. The molecule has 176 valence electrons. The average molecular weight is 488 g/mol. The van der Waals surface area contributed by atoms with E-state index in [1.165, 1.54) is 26.7 Å². The van der Waals surface area contributed by atoms with E-state index < -0.39 is 8.32 Å². The van der Waals surface area contributed by atoms with Crippen molar-refractivity contribution in [1.82, 2.24) is 4.98 Å². The Kier molecular flexibility index (Phi) is 7.87. The maximum absolute atomic E-state index is 7.05. The summed E-state index contributed by atoms with van der Waals surface area (Å²) in [6, 6.07) is 30.2. The van der Waals surface area contributed by atoms with Crippen molar-refractivity contribution in [2.75, 3.05) is 6.61 Å². The van der Waals surface area contributed by atoms with Crippen LogP contribution in [0.15, 0.2) is 91.1 Å². The molecule has 0 bridgehead atoms. The monoisotopic (exact) mass is 487 g/mol. The second kappa shape index (κ2) is 10.9. The zero-order valence-corrected chi connectivity index (χ0v) is 22.2. The highest BCUT2D eigenvalue weighted by Crippen LogP contribution is 2.37. The fraction of sp³-hybridized carbons (Fsp3) is 0.300. The number of fused-ring (bicyclic) bond motifs is 1. The summed E-state index contributed by atoms with van der Waals surface area (Å²) < 4.78 is 7.05. The molecule has 0 N–H and O–H groups in total. The van der Waals surface area contributed by atoms with Crippen molar-refractivity contribution in [2.24, 2.45) is 0 Å². The van der Waals surface area contributed by atoms with Gasteiger partial charge in [-0.15, -0.1) is 11.6 Å². The third-order valence-corrected chi connectivity index (χ3v) is 12.0. The predicted molar refractivity (Wildman–Crippen MR) is 148 cm³/mol. The summed E-state index contributed by atoms with van der Waals surface area (Å²) in [6.45, 7) is 7.72. The van der Waals surface area contributed by atoms with Crippen molar-refractivity contribution >= 4 is 41.1 Å². The van der Waals surface area contributed by atoms with Crippen LogP contribution in [0.2, 0.25) is 5.04 Å². The van der Waals surface area contributed by atoms with E-state index in [0.29, 0.717) is 5.88 Å². The fourth-order valence-electron chi connectivity index (χ4n) is 5.05. The SMILES string of the molecule is CC(C)(C)[Si](OCCCCc1c(CCl)ncc2ccccc12)(c1ccccc1)c1ccccc1. The van der Waals surface area contributed by atoms with E-state index >= 15 is 0 Å². The lowest BCUT2D eigenvalue weighted by Gasteiger charge is -2.43. The number of alkyl halides is 1. The van der Waals surface area contributed by atoms with Gasteiger partial charge in [0.15, 0.2) is 0 Å². The summed E-state index contributed by atoms with van der Waals surface area (Å²) in [7, 11) is -2.47. The largest absolute Gasteiger partial charge is 0.407 e. The molecule has 4 aromatic rings. The third kappa shape index (κ3) is 4.97. The number of pyridine rings is 1. The molecule has 3 aromatic carbocycles. The predicted octanol–water partition coefficient (Wildman–Crippen LogP) is 6.87. The first-order valence-corrected chi connectivity index (χ1v) is 14.6. The van der Waals surface area contributed by atoms with E-state index in [4.69, 9.17) is 16.0 Å². The smallest absolute Gasteiger partial charge is 0.261 e. The van der Waals surface area contributed by atoms with E-state index in [9.17, 15) is 0 Å². The number of benzene rings is 3. The van der Waals surface area contributed by atoms with E-state index in [0.717, 1.165) is 31.6 Å². The Morgan fingerprint density at radius 1 is 0.794 bits per heavy atom. The molecule has 0 saturated carbocycles. The molecule has 0 aliphatic rings. The van der Waals surface area contributed by atoms with Crippen LogP contribution in [0.4, 0.5) is 0 Å². The van der Waals surface area contributed by atoms with Crippen LogP contribution >= 0.6 is 11.6 Å². The standard InChI is InChI=1S/C30H34ClNOSi/c1-30(2,3)34(25-15-6-4-7-16-25,26-17-8-5-9-18-26)33-21-13-12-20-28-27-19-11-10-14-24(27)23-32-29(28)22-31/h4-11,14-19,23H,12-13,20-22H2,1-3H3. The number of aromatic nitrogens is 1. The highest BCUT2D eigenvalue weighted by molar-refractivity contribution is 6.99. The minimum Gasteiger partial charge on any atom is -0.407 e. The van der Waals surface area contributed by atoms with Gasteiger partial charge in [0.05, 0.1) is 11.6 Å². The van der Waals surface area contributed by atoms with Gasteiger partial charge in [-0.25, -0.2) is 0 Å². The van der Waals surface area contributed by atoms with Gasteiger partial charge in [-0.05, 0) is 45.6 Å². The molecule has 2 nitrogen and oxygen atoms in total. The van der Waals surface area contributed by atoms with Crippen molar-refractivity contribution < 1.29 is 4.43 Å². The second-order valence-electron chi connectivity index (χ2n) is 9.87. The van der Waals surface area contributed by atoms with Gasteiger partial charge in [0.2, 0.25) is 0 Å². The molecule has 0 amide bonds. The van der Waals surface area contributed by atoms with Gasteiger partial charge in [0.1, 0.15) is 0 Å². The number of hydrogen-bond donors (Lipinski definition) is 0. The third-order valence-electron chi connectivity index (χ3n) is 6.68. The van der Waals surface area contributed by atoms with Crippen LogP contribution in [0.25, 0.3) is 10.8 Å². The van der Waals surface area contributed by atoms with Gasteiger partial charge in [-0.3, -0.25) is 4.98 Å². The summed E-state index contributed by atoms with van der Waals surface area (Å²) in [5.74, 6) is 0.443. The summed E-state index contributed by atoms with van der Waals surface area (Å²) in [6.07, 6.45) is 4.93. The lowest BCUT2D eigenvalue weighted by Crippen LogP contribution is -2.66. The minimum absolute atomic E-state index is 0.00104. The normalized spacial score (nSPS) is 12.2. The van der Waals surface area contributed by atoms with Crippen molar-refractivity contribution in [3.8, 4) is 0 Å². The zero-order valence-electron chi connectivity index (χ0n) is 20.4. The number of unbranched alkanes of at least 4 members (excludes halogenated alkanes) is 1. The second-order valence-corrected chi connectivity index (χ2v) is 14.4. The van der Waals surface area contributed by atoms with Gasteiger partial charge in [-0.1, -0.05) is 106 Å². The lowest BCUT2D eigenvalue weighted by atomic mass is 10.00. The van der Waals surface area contributed by atoms with Crippen molar-refractivity contribution in [1.29, 1.82) is 0 Å². The molecule has 4 rings (SSSR count). The van der Waals surface area contributed by atoms with Crippen LogP contribution in [0, 0.1) is 0 Å². The summed E-state index contributed by atoms with van der Waals surface area (Å²) >= 11 is 6.24. The Balaban J connectivity index is 1.55. The molecule has 0 unspecified atom stereocenters. The maximum atomic E-state index is 7.05. The number of rotatable bonds is 9. The van der Waals surface area contributed by atoms with E-state index in [1.54, 1.807) is 0 Å². The van der Waals surface area contributed by atoms with Gasteiger partial charge in [-0.2, -0.15) is 0 Å². The Hall–Kier alpha value is -2.46. The molecular formula is C30H34ClNOSi. The first kappa shape index (κ1) is 24.7. The van der Waals surface area contributed by atoms with Crippen LogP contribution in [0.1, 0.15) is 44.9 Å². The molecule has 0 aliphatic carbocycles. The fourth-order valence-corrected chi connectivity index (χ4v) is 9.89. The van der Waals surface area contributed by atoms with Crippen LogP contribution < -0.4 is 10.4 Å². The van der Waals surface area contributed by atoms with Crippen LogP contribution in [0.3, 0.4) is 0 Å². The molecular weight excluding hydrogens is 454 g/mol. The lowest BCUT2D eigenvalue weighted by molar-refractivity contribution is 0.288. The van der Waals surface area contributed by atoms with Gasteiger partial charge < -0.3 is 4.43 Å². The van der Waals surface area contributed by atoms with Crippen LogP contribution in [-0.4, -0.2) is 19.9 Å². The summed E-state index contributed by atoms with van der Waals surface area (Å²) in [4.78, 5) is 4.62. The quantitative estimate of drug-likeness (QED) is 0.146. The van der Waals surface area contributed by atoms with Crippen molar-refractivity contribution in [2.45, 2.75) is 51.0 Å². The average Bonchev–Trinajstić information content (AvgIpc) is 2.86. The summed E-state index contributed by atoms with van der Waals surface area (Å²) in [5, 5.41) is 5.10. The van der Waals surface area contributed by atoms with E-state index in [1.807, 2.05) is 6.20 Å². The molecule has 0 spiro atoms. The summed E-state index contributed by atoms with van der Waals surface area (Å²) in [5.41, 5.74) is 2.27. The highest BCUT2D eigenvalue weighted by atomic mass is 35.5. The number of aryl methyl sites for hydroxylation is 1. The molecule has 34 heavy (non-hydrogen) atoms. The molecule has 0 radical (unpaired) electrons. The molecule has 0 saturated heterocycles. The number of nitrogens with zero attached hydrogens (tertiary/aromatic N) is 1. The van der Waals surface area contributed by atoms with Crippen LogP contribution in [0.5, 0.6) is 0 Å². The highest BCUT2D eigenvalue weighted by Gasteiger charge is 2.49. The van der Waals surface area contributed by atoms with E-state index in [2.05, 4.69) is 111 Å². The molecule has 4 heteroatoms. The maximum Gasteiger partial charge on any atom is 0.261 e. The van der Waals surface area contributed by atoms with Gasteiger partial charge >= 0.3 is 0 Å². The first-order chi connectivity index (χ1) is 16.5. The Labute approximate surface area is 210 Å². The molecule has 0 fully saturated rings. The molecule has 0 atom stereocenters. The minimum atomic E-state index is -2.47. The Bertz CT molecular complexity index is 1170. The number of halogens is 1. The van der Waals surface area contributed by atoms with Crippen molar-refractivity contribution in [3.05, 3.63) is 102 Å². The van der Waals surface area contributed by atoms with Gasteiger partial charge in [0, 0.05) is 18.2 Å². The topological polar surface area (TPSA) is 22.1 Å². The van der Waals surface area contributed by atoms with Crippen LogP contribution in [-0.2, 0) is 16.7 Å². The van der Waals surface area contributed by atoms with Gasteiger partial charge in [0.25, 0.3) is 8.32 Å². The van der Waals surface area contributed by atoms with E-state index in [-0.39, 0.29) is 5.04 Å². The zero-order chi connectivity index (χ0) is 24.0. The Morgan fingerprint density at radius 2 is 1.38 bits per heavy atom. The Morgan fingerprint density at radius 3 is 1.97 bits per heavy atom. The molecule has 0 aliphatic heterocycles. The van der Waals surface area contributed by atoms with Crippen molar-refractivity contribution in [3.63, 3.8) is 0 Å². The molecule has 1 aromatic heterocycles.